The first-order chi connectivity index (χ1) is 8.79. The van der Waals surface area contributed by atoms with Crippen molar-refractivity contribution < 1.29 is 5.11 Å². The van der Waals surface area contributed by atoms with Crippen LogP contribution in [0.5, 0.6) is 0 Å². The van der Waals surface area contributed by atoms with E-state index in [0.29, 0.717) is 5.69 Å². The van der Waals surface area contributed by atoms with E-state index in [1.165, 1.54) is 11.1 Å². The van der Waals surface area contributed by atoms with Gasteiger partial charge in [-0.25, -0.2) is 5.32 Å². The number of aliphatic hydroxyl groups is 1. The van der Waals surface area contributed by atoms with E-state index in [-0.39, 0.29) is 12.6 Å². The molecular weight excluding hydrogens is 226 g/mol. The van der Waals surface area contributed by atoms with E-state index >= 15 is 0 Å². The summed E-state index contributed by atoms with van der Waals surface area (Å²) in [6.07, 6.45) is 1.01. The molecule has 0 bridgehead atoms. The van der Waals surface area contributed by atoms with E-state index in [9.17, 15) is 0 Å². The second kappa shape index (κ2) is 4.55. The Hall–Kier alpha value is -1.65. The van der Waals surface area contributed by atoms with Gasteiger partial charge < -0.3 is 5.11 Å². The van der Waals surface area contributed by atoms with Crippen LogP contribution in [0.3, 0.4) is 0 Å². The number of benzene rings is 1. The number of hydrogen-bond donors (Lipinski definition) is 1. The van der Waals surface area contributed by atoms with Gasteiger partial charge in [0.05, 0.1) is 24.0 Å². The van der Waals surface area contributed by atoms with E-state index in [2.05, 4.69) is 29.4 Å². The number of aliphatic hydroxyl groups excluding tert-OH is 1. The quantitative estimate of drug-likeness (QED) is 0.859. The summed E-state index contributed by atoms with van der Waals surface area (Å²) in [6, 6.07) is 10.4. The monoisotopic (exact) mass is 242 g/mol. The Balaban J connectivity index is 2.05. The second-order valence-corrected chi connectivity index (χ2v) is 4.60. The summed E-state index contributed by atoms with van der Waals surface area (Å²) in [7, 11) is 1.90. The van der Waals surface area contributed by atoms with E-state index in [1.807, 2.05) is 17.8 Å². The van der Waals surface area contributed by atoms with E-state index in [4.69, 9.17) is 10.4 Å². The fraction of sp³-hybridized carbons (Fsp3) is 0.357. The zero-order valence-corrected chi connectivity index (χ0v) is 10.4. The van der Waals surface area contributed by atoms with Crippen LogP contribution >= 0.6 is 0 Å². The molecule has 1 atom stereocenters. The Bertz CT molecular complexity index is 562. The van der Waals surface area contributed by atoms with Gasteiger partial charge in [0, 0.05) is 13.6 Å². The Kier molecular flexibility index (Phi) is 2.89. The van der Waals surface area contributed by atoms with Gasteiger partial charge in [0.15, 0.2) is 0 Å². The van der Waals surface area contributed by atoms with Gasteiger partial charge in [0.25, 0.3) is 0 Å². The number of aromatic nitrogens is 2. The minimum absolute atomic E-state index is 0.0256. The average molecular weight is 242 g/mol. The predicted octanol–water partition coefficient (Wildman–Crippen LogP) is 1.16. The van der Waals surface area contributed by atoms with Crippen LogP contribution in [-0.4, -0.2) is 21.4 Å². The molecule has 0 saturated heterocycles. The zero-order chi connectivity index (χ0) is 12.5. The molecule has 2 aromatic rings. The lowest BCUT2D eigenvalue weighted by molar-refractivity contribution is 0.275. The second-order valence-electron chi connectivity index (χ2n) is 4.60. The summed E-state index contributed by atoms with van der Waals surface area (Å²) in [4.78, 5) is 0. The number of hydrogen-bond acceptors (Lipinski definition) is 2. The van der Waals surface area contributed by atoms with Crippen LogP contribution in [0.2, 0.25) is 0 Å². The summed E-state index contributed by atoms with van der Waals surface area (Å²) in [5.74, 6) is 0. The third-order valence-corrected chi connectivity index (χ3v) is 3.45. The minimum Gasteiger partial charge on any atom is -0.390 e. The first-order valence-electron chi connectivity index (χ1n) is 6.17. The van der Waals surface area contributed by atoms with Crippen molar-refractivity contribution in [2.75, 3.05) is 6.54 Å². The van der Waals surface area contributed by atoms with Crippen LogP contribution in [0, 0.1) is 0 Å². The number of aryl methyl sites for hydroxylation is 1. The molecule has 18 heavy (non-hydrogen) atoms. The van der Waals surface area contributed by atoms with Crippen molar-refractivity contribution in [1.29, 1.82) is 0 Å². The van der Waals surface area contributed by atoms with E-state index in [0.717, 1.165) is 18.7 Å². The molecule has 0 aliphatic carbocycles. The van der Waals surface area contributed by atoms with E-state index < -0.39 is 0 Å². The van der Waals surface area contributed by atoms with Crippen molar-refractivity contribution in [2.24, 2.45) is 7.05 Å². The molecule has 1 aromatic heterocycles. The van der Waals surface area contributed by atoms with Gasteiger partial charge in [-0.2, -0.15) is 5.10 Å². The molecule has 3 rings (SSSR count). The lowest BCUT2D eigenvalue weighted by atomic mass is 9.92. The van der Waals surface area contributed by atoms with Gasteiger partial charge in [-0.3, -0.25) is 4.68 Å². The Morgan fingerprint density at radius 1 is 1.39 bits per heavy atom. The largest absolute Gasteiger partial charge is 0.390 e. The summed E-state index contributed by atoms with van der Waals surface area (Å²) in [5.41, 5.74) is 4.37. The van der Waals surface area contributed by atoms with Crippen LogP contribution < -0.4 is 5.32 Å². The fourth-order valence-electron chi connectivity index (χ4n) is 2.57. The maximum Gasteiger partial charge on any atom is 0.0916 e. The third-order valence-electron chi connectivity index (χ3n) is 3.45. The molecule has 2 heterocycles. The molecule has 0 amide bonds. The van der Waals surface area contributed by atoms with Crippen LogP contribution in [-0.2, 0) is 20.1 Å². The standard InChI is InChI=1S/C14H16N3O/c1-17-13(8-11(9-18)16-17)14-12-5-3-2-4-10(12)6-7-15-14/h2-5,8,14,18H,6-7,9H2,1H3. The topological polar surface area (TPSA) is 52.1 Å². The van der Waals surface area contributed by atoms with Crippen molar-refractivity contribution in [2.45, 2.75) is 19.1 Å². The molecule has 93 valence electrons. The molecular formula is C14H16N3O. The highest BCUT2D eigenvalue weighted by Crippen LogP contribution is 2.29. The smallest absolute Gasteiger partial charge is 0.0916 e. The molecule has 1 aromatic carbocycles. The first-order valence-corrected chi connectivity index (χ1v) is 6.17. The van der Waals surface area contributed by atoms with Gasteiger partial charge in [-0.1, -0.05) is 24.3 Å². The lowest BCUT2D eigenvalue weighted by Gasteiger charge is -2.25. The maximum absolute atomic E-state index is 9.16. The molecule has 1 aliphatic heterocycles. The normalized spacial score (nSPS) is 18.7. The molecule has 4 nitrogen and oxygen atoms in total. The van der Waals surface area contributed by atoms with Crippen LogP contribution in [0.1, 0.15) is 28.6 Å². The summed E-state index contributed by atoms with van der Waals surface area (Å²) in [6.45, 7) is 0.823. The highest BCUT2D eigenvalue weighted by atomic mass is 16.3. The van der Waals surface area contributed by atoms with Crippen molar-refractivity contribution in [3.8, 4) is 0 Å². The Morgan fingerprint density at radius 3 is 3.00 bits per heavy atom. The Morgan fingerprint density at radius 2 is 2.22 bits per heavy atom. The number of rotatable bonds is 2. The van der Waals surface area contributed by atoms with Gasteiger partial charge in [-0.05, 0) is 23.6 Å². The van der Waals surface area contributed by atoms with Crippen molar-refractivity contribution in [3.63, 3.8) is 0 Å². The van der Waals surface area contributed by atoms with Crippen LogP contribution in [0.15, 0.2) is 30.3 Å². The van der Waals surface area contributed by atoms with Gasteiger partial charge in [0.1, 0.15) is 0 Å². The third kappa shape index (κ3) is 1.83. The fourth-order valence-corrected chi connectivity index (χ4v) is 2.57. The summed E-state index contributed by atoms with van der Waals surface area (Å²) < 4.78 is 1.82. The number of fused-ring (bicyclic) bond motifs is 1. The molecule has 1 unspecified atom stereocenters. The molecule has 1 radical (unpaired) electrons. The van der Waals surface area contributed by atoms with Crippen molar-refractivity contribution in [3.05, 3.63) is 52.8 Å². The van der Waals surface area contributed by atoms with E-state index in [1.54, 1.807) is 0 Å². The van der Waals surface area contributed by atoms with Gasteiger partial charge >= 0.3 is 0 Å². The zero-order valence-electron chi connectivity index (χ0n) is 10.4. The highest BCUT2D eigenvalue weighted by molar-refractivity contribution is 5.37. The van der Waals surface area contributed by atoms with Crippen molar-refractivity contribution >= 4 is 0 Å². The molecule has 0 fully saturated rings. The molecule has 1 aliphatic rings. The molecule has 1 N–H and O–H groups in total. The molecule has 0 spiro atoms. The van der Waals surface area contributed by atoms with Crippen LogP contribution in [0.25, 0.3) is 0 Å². The van der Waals surface area contributed by atoms with Gasteiger partial charge in [0.2, 0.25) is 0 Å². The lowest BCUT2D eigenvalue weighted by Crippen LogP contribution is -2.26. The SMILES string of the molecule is Cn1nc(CO)cc1C1[N]CCc2ccccc21. The number of nitrogens with zero attached hydrogens (tertiary/aromatic N) is 3. The minimum atomic E-state index is -0.0256. The summed E-state index contributed by atoms with van der Waals surface area (Å²) >= 11 is 0. The molecule has 4 heteroatoms. The van der Waals surface area contributed by atoms with Crippen LogP contribution in [0.4, 0.5) is 0 Å². The predicted molar refractivity (Wildman–Crippen MR) is 68.1 cm³/mol. The highest BCUT2D eigenvalue weighted by Gasteiger charge is 2.24. The first kappa shape index (κ1) is 11.4. The Labute approximate surface area is 106 Å². The average Bonchev–Trinajstić information content (AvgIpc) is 2.79. The maximum atomic E-state index is 9.16. The van der Waals surface area contributed by atoms with Crippen molar-refractivity contribution in [1.82, 2.24) is 15.1 Å². The van der Waals surface area contributed by atoms with Gasteiger partial charge in [-0.15, -0.1) is 0 Å². The molecule has 0 saturated carbocycles. The summed E-state index contributed by atoms with van der Waals surface area (Å²) in [5, 5.41) is 18.2.